The normalized spacial score (nSPS) is 17.7. The van der Waals surface area contributed by atoms with Crippen molar-refractivity contribution in [3.8, 4) is 5.75 Å². The molecule has 1 aliphatic rings. The Morgan fingerprint density at radius 2 is 2.00 bits per heavy atom. The van der Waals surface area contributed by atoms with Crippen LogP contribution in [0.5, 0.6) is 5.75 Å². The van der Waals surface area contributed by atoms with E-state index in [1.807, 2.05) is 30.3 Å². The van der Waals surface area contributed by atoms with E-state index in [2.05, 4.69) is 15.9 Å². The molecule has 0 spiro atoms. The zero-order valence-electron chi connectivity index (χ0n) is 12.8. The number of carboxylic acids is 1. The molecule has 6 nitrogen and oxygen atoms in total. The second-order valence-electron chi connectivity index (χ2n) is 5.48. The van der Waals surface area contributed by atoms with E-state index in [1.54, 1.807) is 6.07 Å². The summed E-state index contributed by atoms with van der Waals surface area (Å²) in [6.07, 6.45) is -0.971. The molecule has 0 aromatic heterocycles. The third-order valence-corrected chi connectivity index (χ3v) is 4.32. The summed E-state index contributed by atoms with van der Waals surface area (Å²) >= 11 is 3.43. The molecule has 0 saturated carbocycles. The summed E-state index contributed by atoms with van der Waals surface area (Å²) < 4.78 is 11.7. The van der Waals surface area contributed by atoms with Crippen molar-refractivity contribution in [3.05, 3.63) is 40.9 Å². The maximum atomic E-state index is 12.2. The quantitative estimate of drug-likeness (QED) is 0.862. The molecule has 1 fully saturated rings. The number of rotatable bonds is 4. The molecule has 3 rings (SSSR count). The van der Waals surface area contributed by atoms with Gasteiger partial charge in [0.1, 0.15) is 5.75 Å². The number of halogens is 1. The molecule has 1 aliphatic heterocycles. The Morgan fingerprint density at radius 1 is 1.25 bits per heavy atom. The Kier molecular flexibility index (Phi) is 5.01. The van der Waals surface area contributed by atoms with Crippen LogP contribution in [-0.4, -0.2) is 54.3 Å². The van der Waals surface area contributed by atoms with Crippen LogP contribution < -0.4 is 4.74 Å². The highest BCUT2D eigenvalue weighted by molar-refractivity contribution is 9.10. The number of carbonyl (C=O) groups is 2. The van der Waals surface area contributed by atoms with E-state index >= 15 is 0 Å². The minimum absolute atomic E-state index is 0.0449. The molecule has 1 atom stereocenters. The summed E-state index contributed by atoms with van der Waals surface area (Å²) in [5.41, 5.74) is 0. The number of morpholine rings is 1. The van der Waals surface area contributed by atoms with Crippen LogP contribution in [-0.2, 0) is 14.3 Å². The van der Waals surface area contributed by atoms with Crippen molar-refractivity contribution in [1.82, 2.24) is 4.90 Å². The van der Waals surface area contributed by atoms with Crippen molar-refractivity contribution in [1.29, 1.82) is 0 Å². The van der Waals surface area contributed by atoms with Gasteiger partial charge in [0.15, 0.2) is 12.7 Å². The predicted molar refractivity (Wildman–Crippen MR) is 91.1 cm³/mol. The number of hydrogen-bond donors (Lipinski definition) is 1. The molecule has 1 saturated heterocycles. The molecule has 0 radical (unpaired) electrons. The Hall–Kier alpha value is -2.12. The Labute approximate surface area is 147 Å². The van der Waals surface area contributed by atoms with E-state index in [9.17, 15) is 9.59 Å². The minimum atomic E-state index is -1.06. The lowest BCUT2D eigenvalue weighted by Crippen LogP contribution is -2.49. The number of fused-ring (bicyclic) bond motifs is 1. The number of benzene rings is 2. The van der Waals surface area contributed by atoms with Gasteiger partial charge in [0.2, 0.25) is 0 Å². The van der Waals surface area contributed by atoms with E-state index in [1.165, 1.54) is 4.90 Å². The van der Waals surface area contributed by atoms with E-state index in [0.717, 1.165) is 15.2 Å². The number of nitrogens with zero attached hydrogens (tertiary/aromatic N) is 1. The maximum absolute atomic E-state index is 12.2. The lowest BCUT2D eigenvalue weighted by atomic mass is 10.1. The third-order valence-electron chi connectivity index (χ3n) is 3.83. The first-order chi connectivity index (χ1) is 11.5. The largest absolute Gasteiger partial charge is 0.484 e. The highest BCUT2D eigenvalue weighted by Crippen LogP contribution is 2.24. The fourth-order valence-electron chi connectivity index (χ4n) is 2.55. The van der Waals surface area contributed by atoms with Crippen LogP contribution in [0.25, 0.3) is 10.8 Å². The van der Waals surface area contributed by atoms with Crippen LogP contribution in [0, 0.1) is 0 Å². The monoisotopic (exact) mass is 393 g/mol. The first kappa shape index (κ1) is 16.7. The summed E-state index contributed by atoms with van der Waals surface area (Å²) in [4.78, 5) is 24.6. The van der Waals surface area contributed by atoms with Gasteiger partial charge < -0.3 is 19.5 Å². The molecule has 7 heteroatoms. The van der Waals surface area contributed by atoms with Crippen molar-refractivity contribution in [2.75, 3.05) is 26.3 Å². The Morgan fingerprint density at radius 3 is 2.79 bits per heavy atom. The molecule has 1 heterocycles. The minimum Gasteiger partial charge on any atom is -0.484 e. The van der Waals surface area contributed by atoms with Crippen molar-refractivity contribution in [2.24, 2.45) is 0 Å². The SMILES string of the molecule is O=C(O)C1CN(C(=O)COc2ccc3cc(Br)ccc3c2)CCO1. The van der Waals surface area contributed by atoms with Gasteiger partial charge in [-0.2, -0.15) is 0 Å². The molecule has 126 valence electrons. The van der Waals surface area contributed by atoms with Crippen LogP contribution in [0.3, 0.4) is 0 Å². The Bertz CT molecular complexity index is 779. The van der Waals surface area contributed by atoms with Gasteiger partial charge in [-0.3, -0.25) is 4.79 Å². The number of amides is 1. The second-order valence-corrected chi connectivity index (χ2v) is 6.40. The number of ether oxygens (including phenoxy) is 2. The van der Waals surface area contributed by atoms with Crippen LogP contribution in [0.2, 0.25) is 0 Å². The molecular formula is C17H16BrNO5. The smallest absolute Gasteiger partial charge is 0.334 e. The molecule has 2 aromatic rings. The van der Waals surface area contributed by atoms with Gasteiger partial charge in [0.05, 0.1) is 13.2 Å². The van der Waals surface area contributed by atoms with Crippen LogP contribution in [0.1, 0.15) is 0 Å². The number of aliphatic carboxylic acids is 1. The Balaban J connectivity index is 1.61. The van der Waals surface area contributed by atoms with Gasteiger partial charge in [0.25, 0.3) is 5.91 Å². The van der Waals surface area contributed by atoms with Gasteiger partial charge in [-0.1, -0.05) is 28.1 Å². The third kappa shape index (κ3) is 3.85. The maximum Gasteiger partial charge on any atom is 0.334 e. The highest BCUT2D eigenvalue weighted by Gasteiger charge is 2.29. The van der Waals surface area contributed by atoms with Gasteiger partial charge in [0, 0.05) is 11.0 Å². The lowest BCUT2D eigenvalue weighted by molar-refractivity contribution is -0.159. The van der Waals surface area contributed by atoms with Crippen molar-refractivity contribution < 1.29 is 24.2 Å². The zero-order chi connectivity index (χ0) is 17.1. The number of carbonyl (C=O) groups excluding carboxylic acids is 1. The fraction of sp³-hybridized carbons (Fsp3) is 0.294. The van der Waals surface area contributed by atoms with Gasteiger partial charge in [-0.15, -0.1) is 0 Å². The molecule has 2 aromatic carbocycles. The number of hydrogen-bond acceptors (Lipinski definition) is 4. The zero-order valence-corrected chi connectivity index (χ0v) is 14.4. The van der Waals surface area contributed by atoms with Gasteiger partial charge >= 0.3 is 5.97 Å². The lowest BCUT2D eigenvalue weighted by Gasteiger charge is -2.30. The molecule has 1 N–H and O–H groups in total. The second kappa shape index (κ2) is 7.19. The van der Waals surface area contributed by atoms with Crippen molar-refractivity contribution in [3.63, 3.8) is 0 Å². The first-order valence-electron chi connectivity index (χ1n) is 7.47. The van der Waals surface area contributed by atoms with E-state index in [4.69, 9.17) is 14.6 Å². The van der Waals surface area contributed by atoms with Crippen LogP contribution >= 0.6 is 15.9 Å². The standard InChI is InChI=1S/C17H16BrNO5/c18-13-3-1-12-8-14(4-2-11(12)7-13)24-10-16(20)19-5-6-23-15(9-19)17(21)22/h1-4,7-8,15H,5-6,9-10H2,(H,21,22). The van der Waals surface area contributed by atoms with Crippen LogP contribution in [0.15, 0.2) is 40.9 Å². The molecular weight excluding hydrogens is 378 g/mol. The van der Waals surface area contributed by atoms with Crippen molar-refractivity contribution >= 4 is 38.6 Å². The fourth-order valence-corrected chi connectivity index (χ4v) is 2.92. The van der Waals surface area contributed by atoms with Gasteiger partial charge in [-0.25, -0.2) is 4.79 Å². The average Bonchev–Trinajstić information content (AvgIpc) is 2.59. The number of carboxylic acid groups (broad SMARTS) is 1. The first-order valence-corrected chi connectivity index (χ1v) is 8.26. The van der Waals surface area contributed by atoms with Gasteiger partial charge in [-0.05, 0) is 35.0 Å². The van der Waals surface area contributed by atoms with Crippen molar-refractivity contribution in [2.45, 2.75) is 6.10 Å². The summed E-state index contributed by atoms with van der Waals surface area (Å²) in [6, 6.07) is 11.5. The van der Waals surface area contributed by atoms with E-state index in [-0.39, 0.29) is 25.7 Å². The summed E-state index contributed by atoms with van der Waals surface area (Å²) in [7, 11) is 0. The topological polar surface area (TPSA) is 76.1 Å². The molecule has 1 unspecified atom stereocenters. The molecule has 24 heavy (non-hydrogen) atoms. The summed E-state index contributed by atoms with van der Waals surface area (Å²) in [5.74, 6) is -0.712. The molecule has 0 bridgehead atoms. The molecule has 0 aliphatic carbocycles. The van der Waals surface area contributed by atoms with E-state index in [0.29, 0.717) is 12.3 Å². The predicted octanol–water partition coefficient (Wildman–Crippen LogP) is 2.29. The highest BCUT2D eigenvalue weighted by atomic mass is 79.9. The molecule has 1 amide bonds. The van der Waals surface area contributed by atoms with E-state index < -0.39 is 12.1 Å². The average molecular weight is 394 g/mol. The van der Waals surface area contributed by atoms with Crippen LogP contribution in [0.4, 0.5) is 0 Å². The summed E-state index contributed by atoms with van der Waals surface area (Å²) in [5, 5.41) is 11.1. The summed E-state index contributed by atoms with van der Waals surface area (Å²) in [6.45, 7) is 0.503.